The third kappa shape index (κ3) is 6.99. The Bertz CT molecular complexity index is 1560. The Kier molecular flexibility index (Phi) is 8.61. The van der Waals surface area contributed by atoms with Gasteiger partial charge >= 0.3 is 5.97 Å². The van der Waals surface area contributed by atoms with Crippen molar-refractivity contribution >= 4 is 16.9 Å². The van der Waals surface area contributed by atoms with E-state index in [1.54, 1.807) is 6.20 Å². The average Bonchev–Trinajstić information content (AvgIpc) is 3.31. The van der Waals surface area contributed by atoms with Gasteiger partial charge in [-0.25, -0.2) is 0 Å². The molecular formula is C33H32N2O5. The van der Waals surface area contributed by atoms with Crippen LogP contribution in [0.2, 0.25) is 0 Å². The molecule has 0 radical (unpaired) electrons. The number of methoxy groups -OCH3 is 1. The summed E-state index contributed by atoms with van der Waals surface area (Å²) in [5.41, 5.74) is 5.31. The quantitative estimate of drug-likeness (QED) is 0.141. The number of pyridine rings is 1. The Balaban J connectivity index is 1.20. The number of carbonyl (C=O) groups excluding carboxylic acids is 1. The Morgan fingerprint density at radius 2 is 1.57 bits per heavy atom. The molecule has 0 atom stereocenters. The van der Waals surface area contributed by atoms with Crippen molar-refractivity contribution < 1.29 is 23.7 Å². The predicted molar refractivity (Wildman–Crippen MR) is 154 cm³/mol. The maximum Gasteiger partial charge on any atom is 0.310 e. The summed E-state index contributed by atoms with van der Waals surface area (Å²) in [5, 5.41) is 0.950. The summed E-state index contributed by atoms with van der Waals surface area (Å²) in [6.45, 7) is 3.95. The normalized spacial score (nSPS) is 10.8. The first-order valence-electron chi connectivity index (χ1n) is 13.2. The van der Waals surface area contributed by atoms with Gasteiger partial charge in [0, 0.05) is 42.1 Å². The summed E-state index contributed by atoms with van der Waals surface area (Å²) >= 11 is 0. The molecule has 2 heterocycles. The topological polar surface area (TPSA) is 71.8 Å². The number of fused-ring (bicyclic) bond motifs is 1. The molecular weight excluding hydrogens is 504 g/mol. The molecule has 5 rings (SSSR count). The molecule has 0 amide bonds. The standard InChI is InChI=1S/C33H32N2O5/c1-24-8-10-25(11-9-24)23-40-29-7-3-6-28(18-29)38-15-16-39-30-12-13-32-31(19-30)27(17-33(36)37-2)22-35(32)21-26-5-4-14-34-20-26/h3-14,18-20,22H,15-17,21,23H2,1-2H3. The van der Waals surface area contributed by atoms with Crippen molar-refractivity contribution in [3.05, 3.63) is 120 Å². The number of rotatable bonds is 12. The molecule has 0 aliphatic carbocycles. The van der Waals surface area contributed by atoms with Crippen LogP contribution in [0.25, 0.3) is 10.9 Å². The lowest BCUT2D eigenvalue weighted by molar-refractivity contribution is -0.139. The molecule has 7 nitrogen and oxygen atoms in total. The van der Waals surface area contributed by atoms with Crippen LogP contribution >= 0.6 is 0 Å². The third-order valence-corrected chi connectivity index (χ3v) is 6.53. The van der Waals surface area contributed by atoms with Crippen molar-refractivity contribution in [3.8, 4) is 17.2 Å². The van der Waals surface area contributed by atoms with Crippen molar-refractivity contribution in [3.63, 3.8) is 0 Å². The Labute approximate surface area is 233 Å². The van der Waals surface area contributed by atoms with Crippen molar-refractivity contribution in [2.45, 2.75) is 26.5 Å². The molecule has 3 aromatic carbocycles. The van der Waals surface area contributed by atoms with Gasteiger partial charge < -0.3 is 23.5 Å². The highest BCUT2D eigenvalue weighted by Crippen LogP contribution is 2.28. The summed E-state index contributed by atoms with van der Waals surface area (Å²) in [5.74, 6) is 1.88. The number of hydrogen-bond acceptors (Lipinski definition) is 6. The number of ether oxygens (including phenoxy) is 4. The number of aromatic nitrogens is 2. The van der Waals surface area contributed by atoms with Crippen LogP contribution in [0, 0.1) is 6.92 Å². The van der Waals surface area contributed by atoms with Gasteiger partial charge in [0.15, 0.2) is 0 Å². The minimum Gasteiger partial charge on any atom is -0.490 e. The molecule has 0 bridgehead atoms. The van der Waals surface area contributed by atoms with E-state index in [2.05, 4.69) is 40.7 Å². The van der Waals surface area contributed by atoms with E-state index in [1.807, 2.05) is 67.0 Å². The van der Waals surface area contributed by atoms with E-state index in [4.69, 9.17) is 18.9 Å². The largest absolute Gasteiger partial charge is 0.490 e. The molecule has 5 aromatic rings. The van der Waals surface area contributed by atoms with Crippen LogP contribution in [-0.4, -0.2) is 35.8 Å². The lowest BCUT2D eigenvalue weighted by Gasteiger charge is -2.11. The third-order valence-electron chi connectivity index (χ3n) is 6.53. The van der Waals surface area contributed by atoms with Crippen LogP contribution < -0.4 is 14.2 Å². The number of carbonyl (C=O) groups is 1. The minimum atomic E-state index is -0.287. The first-order chi connectivity index (χ1) is 19.6. The van der Waals surface area contributed by atoms with Crippen LogP contribution in [0.1, 0.15) is 22.3 Å². The second kappa shape index (κ2) is 12.8. The van der Waals surface area contributed by atoms with Crippen LogP contribution in [0.15, 0.2) is 97.5 Å². The highest BCUT2D eigenvalue weighted by atomic mass is 16.5. The molecule has 0 unspecified atom stereocenters. The SMILES string of the molecule is COC(=O)Cc1cn(Cc2cccnc2)c2ccc(OCCOc3cccc(OCc4ccc(C)cc4)c3)cc12. The molecule has 0 saturated heterocycles. The Morgan fingerprint density at radius 3 is 2.30 bits per heavy atom. The van der Waals surface area contributed by atoms with Gasteiger partial charge in [-0.2, -0.15) is 0 Å². The molecule has 7 heteroatoms. The molecule has 0 aliphatic rings. The predicted octanol–water partition coefficient (Wildman–Crippen LogP) is 6.15. The molecule has 2 aromatic heterocycles. The minimum absolute atomic E-state index is 0.182. The molecule has 204 valence electrons. The maximum absolute atomic E-state index is 12.1. The van der Waals surface area contributed by atoms with Crippen molar-refractivity contribution in [1.29, 1.82) is 0 Å². The van der Waals surface area contributed by atoms with Gasteiger partial charge in [0.2, 0.25) is 0 Å². The van der Waals surface area contributed by atoms with Crippen LogP contribution in [-0.2, 0) is 29.1 Å². The molecule has 0 spiro atoms. The molecule has 40 heavy (non-hydrogen) atoms. The summed E-state index contributed by atoms with van der Waals surface area (Å²) in [4.78, 5) is 16.3. The van der Waals surface area contributed by atoms with Gasteiger partial charge in [-0.3, -0.25) is 9.78 Å². The molecule has 0 N–H and O–H groups in total. The van der Waals surface area contributed by atoms with Gasteiger partial charge in [0.25, 0.3) is 0 Å². The van der Waals surface area contributed by atoms with Crippen LogP contribution in [0.4, 0.5) is 0 Å². The fraction of sp³-hybridized carbons (Fsp3) is 0.212. The highest BCUT2D eigenvalue weighted by Gasteiger charge is 2.14. The summed E-state index contributed by atoms with van der Waals surface area (Å²) in [6, 6.07) is 25.7. The summed E-state index contributed by atoms with van der Waals surface area (Å²) < 4.78 is 24.9. The van der Waals surface area contributed by atoms with Crippen molar-refractivity contribution in [2.75, 3.05) is 20.3 Å². The lowest BCUT2D eigenvalue weighted by atomic mass is 10.1. The zero-order valence-corrected chi connectivity index (χ0v) is 22.7. The zero-order chi connectivity index (χ0) is 27.7. The van der Waals surface area contributed by atoms with Crippen LogP contribution in [0.3, 0.4) is 0 Å². The van der Waals surface area contributed by atoms with E-state index in [1.165, 1.54) is 12.7 Å². The Morgan fingerprint density at radius 1 is 0.825 bits per heavy atom. The van der Waals surface area contributed by atoms with E-state index in [9.17, 15) is 4.79 Å². The van der Waals surface area contributed by atoms with Crippen molar-refractivity contribution in [1.82, 2.24) is 9.55 Å². The zero-order valence-electron chi connectivity index (χ0n) is 22.7. The number of aryl methyl sites for hydroxylation is 1. The van der Waals surface area contributed by atoms with Crippen molar-refractivity contribution in [2.24, 2.45) is 0 Å². The Hall–Kier alpha value is -4.78. The fourth-order valence-corrected chi connectivity index (χ4v) is 4.45. The maximum atomic E-state index is 12.1. The monoisotopic (exact) mass is 536 g/mol. The van der Waals surface area contributed by atoms with E-state index in [-0.39, 0.29) is 12.4 Å². The van der Waals surface area contributed by atoms with E-state index < -0.39 is 0 Å². The summed E-state index contributed by atoms with van der Waals surface area (Å²) in [7, 11) is 1.40. The second-order valence-electron chi connectivity index (χ2n) is 9.52. The molecule has 0 saturated carbocycles. The summed E-state index contributed by atoms with van der Waals surface area (Å²) in [6.07, 6.45) is 5.77. The molecule has 0 fully saturated rings. The van der Waals surface area contributed by atoms with E-state index >= 15 is 0 Å². The highest BCUT2D eigenvalue weighted by molar-refractivity contribution is 5.89. The molecule has 0 aliphatic heterocycles. The van der Waals surface area contributed by atoms with E-state index in [0.717, 1.165) is 33.3 Å². The lowest BCUT2D eigenvalue weighted by Crippen LogP contribution is -2.09. The van der Waals surface area contributed by atoms with Gasteiger partial charge in [-0.05, 0) is 60.0 Å². The first kappa shape index (κ1) is 26.8. The fourth-order valence-electron chi connectivity index (χ4n) is 4.45. The van der Waals surface area contributed by atoms with Gasteiger partial charge in [-0.1, -0.05) is 42.0 Å². The number of hydrogen-bond donors (Lipinski definition) is 0. The number of esters is 1. The number of nitrogens with zero attached hydrogens (tertiary/aromatic N) is 2. The second-order valence-corrected chi connectivity index (χ2v) is 9.52. The number of benzene rings is 3. The average molecular weight is 537 g/mol. The van der Waals surface area contributed by atoms with E-state index in [0.29, 0.717) is 37.9 Å². The van der Waals surface area contributed by atoms with Crippen LogP contribution in [0.5, 0.6) is 17.2 Å². The first-order valence-corrected chi connectivity index (χ1v) is 13.2. The van der Waals surface area contributed by atoms with Gasteiger partial charge in [0.05, 0.1) is 13.5 Å². The smallest absolute Gasteiger partial charge is 0.310 e. The van der Waals surface area contributed by atoms with Gasteiger partial charge in [0.1, 0.15) is 37.1 Å². The van der Waals surface area contributed by atoms with Gasteiger partial charge in [-0.15, -0.1) is 0 Å².